The Bertz CT molecular complexity index is 844. The summed E-state index contributed by atoms with van der Waals surface area (Å²) >= 11 is 0. The lowest BCUT2D eigenvalue weighted by Crippen LogP contribution is -2.18. The Morgan fingerprint density at radius 3 is 2.83 bits per heavy atom. The highest BCUT2D eigenvalue weighted by atomic mass is 16.5. The summed E-state index contributed by atoms with van der Waals surface area (Å²) in [5, 5.41) is 6.33. The minimum absolute atomic E-state index is 0.0503. The lowest BCUT2D eigenvalue weighted by molar-refractivity contribution is 0.0965. The number of hydrogen-bond donors (Lipinski definition) is 3. The number of aromatic nitrogens is 1. The van der Waals surface area contributed by atoms with E-state index < -0.39 is 0 Å². The predicted octanol–water partition coefficient (Wildman–Crippen LogP) is 4.72. The van der Waals surface area contributed by atoms with Gasteiger partial charge in [0, 0.05) is 30.1 Å². The molecule has 0 saturated heterocycles. The van der Waals surface area contributed by atoms with Crippen LogP contribution in [-0.4, -0.2) is 36.4 Å². The highest BCUT2D eigenvalue weighted by Crippen LogP contribution is 2.25. The smallest absolute Gasteiger partial charge is 0.257 e. The zero-order valence-electron chi connectivity index (χ0n) is 17.9. The number of ether oxygens (including phenoxy) is 1. The van der Waals surface area contributed by atoms with Crippen molar-refractivity contribution in [3.8, 4) is 5.75 Å². The summed E-state index contributed by atoms with van der Waals surface area (Å²) in [4.78, 5) is 28.3. The number of carbonyl (C=O) groups is 2. The summed E-state index contributed by atoms with van der Waals surface area (Å²) in [5.74, 6) is 0.508. The van der Waals surface area contributed by atoms with E-state index in [0.717, 1.165) is 50.2 Å². The second-order valence-electron chi connectivity index (χ2n) is 7.83. The van der Waals surface area contributed by atoms with E-state index in [4.69, 9.17) is 4.74 Å². The van der Waals surface area contributed by atoms with Gasteiger partial charge in [-0.2, -0.15) is 0 Å². The molecule has 30 heavy (non-hydrogen) atoms. The summed E-state index contributed by atoms with van der Waals surface area (Å²) < 4.78 is 5.82. The highest BCUT2D eigenvalue weighted by molar-refractivity contribution is 6.13. The maximum Gasteiger partial charge on any atom is 0.257 e. The number of anilines is 1. The molecular weight excluding hydrogens is 378 g/mol. The Labute approximate surface area is 178 Å². The van der Waals surface area contributed by atoms with Crippen LogP contribution in [0.4, 0.5) is 5.69 Å². The number of ketones is 1. The van der Waals surface area contributed by atoms with Gasteiger partial charge < -0.3 is 20.4 Å². The van der Waals surface area contributed by atoms with Gasteiger partial charge in [0.15, 0.2) is 5.78 Å². The summed E-state index contributed by atoms with van der Waals surface area (Å²) in [6.07, 6.45) is 9.45. The Kier molecular flexibility index (Phi) is 8.51. The molecule has 1 aromatic carbocycles. The van der Waals surface area contributed by atoms with Gasteiger partial charge in [-0.05, 0) is 57.3 Å². The van der Waals surface area contributed by atoms with Gasteiger partial charge >= 0.3 is 0 Å². The van der Waals surface area contributed by atoms with E-state index in [9.17, 15) is 9.59 Å². The SMILES string of the molecule is CCCCCNCCCOc1cccc(NC(=O)c2c[nH]c3c2C(=O)CCCC3)c1. The molecule has 0 unspecified atom stereocenters. The number of unbranched alkanes of at least 4 members (excludes halogenated alkanes) is 2. The van der Waals surface area contributed by atoms with Gasteiger partial charge in [0.25, 0.3) is 5.91 Å². The van der Waals surface area contributed by atoms with Crippen molar-refractivity contribution in [1.29, 1.82) is 0 Å². The highest BCUT2D eigenvalue weighted by Gasteiger charge is 2.24. The van der Waals surface area contributed by atoms with Gasteiger partial charge in [0.05, 0.1) is 17.7 Å². The van der Waals surface area contributed by atoms with Crippen LogP contribution in [0.3, 0.4) is 0 Å². The van der Waals surface area contributed by atoms with Crippen molar-refractivity contribution in [1.82, 2.24) is 10.3 Å². The molecule has 1 aromatic heterocycles. The largest absolute Gasteiger partial charge is 0.493 e. The van der Waals surface area contributed by atoms with Crippen molar-refractivity contribution in [2.24, 2.45) is 0 Å². The number of H-pyrrole nitrogens is 1. The van der Waals surface area contributed by atoms with Crippen LogP contribution in [0.5, 0.6) is 5.75 Å². The fourth-order valence-electron chi connectivity index (χ4n) is 3.75. The Morgan fingerprint density at radius 2 is 1.97 bits per heavy atom. The van der Waals surface area contributed by atoms with E-state index in [1.807, 2.05) is 24.3 Å². The third-order valence-electron chi connectivity index (χ3n) is 5.38. The van der Waals surface area contributed by atoms with Crippen LogP contribution in [0.25, 0.3) is 0 Å². The van der Waals surface area contributed by atoms with E-state index in [1.165, 1.54) is 19.3 Å². The zero-order chi connectivity index (χ0) is 21.2. The van der Waals surface area contributed by atoms with Crippen molar-refractivity contribution in [2.45, 2.75) is 58.3 Å². The molecule has 3 N–H and O–H groups in total. The summed E-state index contributed by atoms with van der Waals surface area (Å²) in [6, 6.07) is 7.39. The molecule has 0 spiro atoms. The lowest BCUT2D eigenvalue weighted by atomic mass is 10.0. The number of carbonyl (C=O) groups excluding carboxylic acids is 2. The average molecular weight is 412 g/mol. The van der Waals surface area contributed by atoms with E-state index in [1.54, 1.807) is 6.20 Å². The van der Waals surface area contributed by atoms with Crippen molar-refractivity contribution < 1.29 is 14.3 Å². The van der Waals surface area contributed by atoms with E-state index in [2.05, 4.69) is 22.5 Å². The maximum absolute atomic E-state index is 12.8. The van der Waals surface area contributed by atoms with Crippen LogP contribution < -0.4 is 15.4 Å². The standard InChI is InChI=1S/C24H33N3O3/c1-2-3-6-13-25-14-8-15-30-19-10-7-9-18(16-19)27-24(29)20-17-26-21-11-4-5-12-22(28)23(20)21/h7,9-10,16-17,25-26H,2-6,8,11-15H2,1H3,(H,27,29). The first-order chi connectivity index (χ1) is 14.7. The number of fused-ring (bicyclic) bond motifs is 1. The number of benzene rings is 1. The molecule has 162 valence electrons. The minimum Gasteiger partial charge on any atom is -0.493 e. The van der Waals surface area contributed by atoms with E-state index in [-0.39, 0.29) is 11.7 Å². The monoisotopic (exact) mass is 411 g/mol. The molecular formula is C24H33N3O3. The van der Waals surface area contributed by atoms with Crippen molar-refractivity contribution in [3.63, 3.8) is 0 Å². The van der Waals surface area contributed by atoms with Crippen LogP contribution in [0, 0.1) is 0 Å². The molecule has 3 rings (SSSR count). The quantitative estimate of drug-likeness (QED) is 0.369. The van der Waals surface area contributed by atoms with E-state index in [0.29, 0.717) is 29.8 Å². The molecule has 1 aliphatic carbocycles. The number of rotatable bonds is 11. The number of hydrogen-bond acceptors (Lipinski definition) is 4. The molecule has 0 fully saturated rings. The van der Waals surface area contributed by atoms with Gasteiger partial charge in [0.2, 0.25) is 0 Å². The number of amides is 1. The zero-order valence-corrected chi connectivity index (χ0v) is 17.9. The van der Waals surface area contributed by atoms with Crippen molar-refractivity contribution in [3.05, 3.63) is 47.3 Å². The third-order valence-corrected chi connectivity index (χ3v) is 5.38. The normalized spacial score (nSPS) is 13.6. The minimum atomic E-state index is -0.267. The topological polar surface area (TPSA) is 83.2 Å². The van der Waals surface area contributed by atoms with E-state index >= 15 is 0 Å². The first kappa shape index (κ1) is 22.1. The van der Waals surface area contributed by atoms with Gasteiger partial charge in [-0.25, -0.2) is 0 Å². The lowest BCUT2D eigenvalue weighted by Gasteiger charge is -2.10. The molecule has 1 amide bonds. The van der Waals surface area contributed by atoms with Gasteiger partial charge in [0.1, 0.15) is 5.75 Å². The van der Waals surface area contributed by atoms with Crippen molar-refractivity contribution >= 4 is 17.4 Å². The summed E-state index contributed by atoms with van der Waals surface area (Å²) in [6.45, 7) is 4.82. The number of Topliss-reactive ketones (excluding diaryl/α,β-unsaturated/α-hetero) is 1. The summed E-state index contributed by atoms with van der Waals surface area (Å²) in [7, 11) is 0. The Morgan fingerprint density at radius 1 is 1.13 bits per heavy atom. The first-order valence-electron chi connectivity index (χ1n) is 11.2. The molecule has 0 atom stereocenters. The average Bonchev–Trinajstić information content (AvgIpc) is 3.09. The second kappa shape index (κ2) is 11.6. The van der Waals surface area contributed by atoms with Crippen LogP contribution in [0.1, 0.15) is 78.3 Å². The number of nitrogens with one attached hydrogen (secondary N) is 3. The molecule has 1 heterocycles. The molecule has 0 bridgehead atoms. The maximum atomic E-state index is 12.8. The van der Waals surface area contributed by atoms with Gasteiger partial charge in [-0.15, -0.1) is 0 Å². The molecule has 0 aliphatic heterocycles. The van der Waals surface area contributed by atoms with Crippen molar-refractivity contribution in [2.75, 3.05) is 25.0 Å². The fourth-order valence-corrected chi connectivity index (χ4v) is 3.75. The molecule has 6 nitrogen and oxygen atoms in total. The first-order valence-corrected chi connectivity index (χ1v) is 11.2. The molecule has 1 aliphatic rings. The molecule has 6 heteroatoms. The Balaban J connectivity index is 1.50. The summed E-state index contributed by atoms with van der Waals surface area (Å²) in [5.41, 5.74) is 2.52. The Hall–Kier alpha value is -2.60. The molecule has 2 aromatic rings. The second-order valence-corrected chi connectivity index (χ2v) is 7.83. The van der Waals surface area contributed by atoms with Gasteiger partial charge in [-0.1, -0.05) is 25.8 Å². The van der Waals surface area contributed by atoms with Crippen LogP contribution in [0.15, 0.2) is 30.5 Å². The van der Waals surface area contributed by atoms with Crippen LogP contribution in [-0.2, 0) is 6.42 Å². The predicted molar refractivity (Wildman–Crippen MR) is 120 cm³/mol. The van der Waals surface area contributed by atoms with Gasteiger partial charge in [-0.3, -0.25) is 9.59 Å². The number of aromatic amines is 1. The van der Waals surface area contributed by atoms with Crippen LogP contribution >= 0.6 is 0 Å². The third kappa shape index (κ3) is 6.20. The molecule has 0 radical (unpaired) electrons. The fraction of sp³-hybridized carbons (Fsp3) is 0.500. The number of aryl methyl sites for hydroxylation is 1. The molecule has 0 saturated carbocycles. The van der Waals surface area contributed by atoms with Crippen LogP contribution in [0.2, 0.25) is 0 Å².